The van der Waals surface area contributed by atoms with Gasteiger partial charge in [0.05, 0.1) is 9.35 Å². The average Bonchev–Trinajstić information content (AvgIpc) is 2.84. The Morgan fingerprint density at radius 3 is 2.89 bits per heavy atom. The van der Waals surface area contributed by atoms with Gasteiger partial charge in [0, 0.05) is 5.69 Å². The number of amides is 1. The summed E-state index contributed by atoms with van der Waals surface area (Å²) in [4.78, 5) is 12.9. The van der Waals surface area contributed by atoms with Gasteiger partial charge in [0.15, 0.2) is 0 Å². The van der Waals surface area contributed by atoms with E-state index in [2.05, 4.69) is 21.2 Å². The van der Waals surface area contributed by atoms with Gasteiger partial charge in [-0.25, -0.2) is 4.39 Å². The number of benzene rings is 1. The predicted octanol–water partition coefficient (Wildman–Crippen LogP) is 4.77. The summed E-state index contributed by atoms with van der Waals surface area (Å²) >= 11 is 4.52. The molecule has 0 radical (unpaired) electrons. The number of carbonyl (C=O) groups is 1. The van der Waals surface area contributed by atoms with Crippen LogP contribution in [-0.2, 0) is 6.42 Å². The van der Waals surface area contributed by atoms with E-state index in [-0.39, 0.29) is 11.7 Å². The number of thiophene rings is 1. The smallest absolute Gasteiger partial charge is 0.266 e. The second kappa shape index (κ2) is 5.84. The van der Waals surface area contributed by atoms with E-state index in [1.165, 1.54) is 17.4 Å². The van der Waals surface area contributed by atoms with Crippen molar-refractivity contribution in [1.29, 1.82) is 0 Å². The number of hydrogen-bond acceptors (Lipinski definition) is 2. The van der Waals surface area contributed by atoms with Crippen LogP contribution >= 0.6 is 27.3 Å². The molecular weight excluding hydrogens is 329 g/mol. The first-order valence-corrected chi connectivity index (χ1v) is 7.53. The fourth-order valence-corrected chi connectivity index (χ4v) is 3.12. The van der Waals surface area contributed by atoms with E-state index in [0.717, 1.165) is 17.5 Å². The largest absolute Gasteiger partial charge is 0.321 e. The molecule has 2 rings (SSSR count). The van der Waals surface area contributed by atoms with Crippen LogP contribution in [0.3, 0.4) is 0 Å². The minimum absolute atomic E-state index is 0.184. The maximum Gasteiger partial charge on any atom is 0.266 e. The summed E-state index contributed by atoms with van der Waals surface area (Å²) in [5, 5.41) is 4.66. The van der Waals surface area contributed by atoms with Gasteiger partial charge in [-0.2, -0.15) is 0 Å². The topological polar surface area (TPSA) is 29.1 Å². The number of hydrogen-bond donors (Lipinski definition) is 1. The van der Waals surface area contributed by atoms with Crippen molar-refractivity contribution < 1.29 is 9.18 Å². The van der Waals surface area contributed by atoms with Crippen LogP contribution < -0.4 is 5.32 Å². The monoisotopic (exact) mass is 341 g/mol. The fourth-order valence-electron chi connectivity index (χ4n) is 1.77. The Morgan fingerprint density at radius 2 is 2.21 bits per heavy atom. The van der Waals surface area contributed by atoms with Crippen molar-refractivity contribution in [1.82, 2.24) is 0 Å². The van der Waals surface area contributed by atoms with Gasteiger partial charge in [0.1, 0.15) is 5.82 Å². The Kier molecular flexibility index (Phi) is 4.37. The zero-order valence-electron chi connectivity index (χ0n) is 10.6. The van der Waals surface area contributed by atoms with Crippen molar-refractivity contribution >= 4 is 38.9 Å². The zero-order chi connectivity index (χ0) is 14.0. The van der Waals surface area contributed by atoms with Gasteiger partial charge in [-0.05, 0) is 64.0 Å². The first kappa shape index (κ1) is 14.2. The highest BCUT2D eigenvalue weighted by atomic mass is 79.9. The number of rotatable bonds is 3. The van der Waals surface area contributed by atoms with Gasteiger partial charge in [-0.3, -0.25) is 4.79 Å². The van der Waals surface area contributed by atoms with Gasteiger partial charge in [-0.15, -0.1) is 11.3 Å². The minimum atomic E-state index is -0.386. The van der Waals surface area contributed by atoms with Crippen LogP contribution in [0.2, 0.25) is 0 Å². The summed E-state index contributed by atoms with van der Waals surface area (Å²) in [5.74, 6) is -0.570. The highest BCUT2D eigenvalue weighted by Crippen LogP contribution is 2.25. The molecule has 0 aliphatic rings. The summed E-state index contributed by atoms with van der Waals surface area (Å²) in [5.41, 5.74) is 2.33. The maximum absolute atomic E-state index is 13.5. The molecule has 0 fully saturated rings. The molecule has 1 aromatic heterocycles. The Hall–Kier alpha value is -1.20. The molecule has 0 aliphatic heterocycles. The predicted molar refractivity (Wildman–Crippen MR) is 80.5 cm³/mol. The second-order valence-electron chi connectivity index (χ2n) is 4.16. The van der Waals surface area contributed by atoms with Crippen molar-refractivity contribution in [2.24, 2.45) is 0 Å². The van der Waals surface area contributed by atoms with Crippen LogP contribution in [0.25, 0.3) is 0 Å². The number of halogens is 2. The molecule has 5 heteroatoms. The van der Waals surface area contributed by atoms with Crippen LogP contribution in [0.15, 0.2) is 28.1 Å². The molecule has 0 aliphatic carbocycles. The molecular formula is C14H13BrFNOS. The molecule has 0 spiro atoms. The van der Waals surface area contributed by atoms with Crippen molar-refractivity contribution in [2.45, 2.75) is 20.3 Å². The van der Waals surface area contributed by atoms with E-state index >= 15 is 0 Å². The third-order valence-corrected chi connectivity index (χ3v) is 4.41. The van der Waals surface area contributed by atoms with Gasteiger partial charge in [-0.1, -0.05) is 6.92 Å². The van der Waals surface area contributed by atoms with Crippen LogP contribution in [0.5, 0.6) is 0 Å². The molecule has 0 atom stereocenters. The van der Waals surface area contributed by atoms with Crippen molar-refractivity contribution in [3.05, 3.63) is 49.9 Å². The number of anilines is 1. The summed E-state index contributed by atoms with van der Waals surface area (Å²) in [6.07, 6.45) is 0.805. The Balaban J connectivity index is 2.27. The molecule has 1 aromatic carbocycles. The van der Waals surface area contributed by atoms with Gasteiger partial charge in [0.25, 0.3) is 5.91 Å². The highest BCUT2D eigenvalue weighted by Gasteiger charge is 2.14. The van der Waals surface area contributed by atoms with Gasteiger partial charge in [0.2, 0.25) is 0 Å². The molecule has 2 aromatic rings. The third kappa shape index (κ3) is 3.04. The number of nitrogens with one attached hydrogen (secondary N) is 1. The molecule has 100 valence electrons. The molecule has 19 heavy (non-hydrogen) atoms. The van der Waals surface area contributed by atoms with E-state index in [9.17, 15) is 9.18 Å². The van der Waals surface area contributed by atoms with Crippen LogP contribution in [0, 0.1) is 12.7 Å². The molecule has 0 saturated carbocycles. The van der Waals surface area contributed by atoms with Gasteiger partial charge < -0.3 is 5.32 Å². The van der Waals surface area contributed by atoms with Crippen molar-refractivity contribution in [2.75, 3.05) is 5.32 Å². The molecule has 1 N–H and O–H groups in total. The van der Waals surface area contributed by atoms with E-state index in [0.29, 0.717) is 15.0 Å². The Morgan fingerprint density at radius 1 is 1.47 bits per heavy atom. The molecule has 0 unspecified atom stereocenters. The lowest BCUT2D eigenvalue weighted by Crippen LogP contribution is -2.13. The lowest BCUT2D eigenvalue weighted by atomic mass is 10.1. The lowest BCUT2D eigenvalue weighted by molar-refractivity contribution is 0.102. The molecule has 0 bridgehead atoms. The van der Waals surface area contributed by atoms with Gasteiger partial charge >= 0.3 is 0 Å². The first-order valence-electron chi connectivity index (χ1n) is 5.86. The third-order valence-electron chi connectivity index (χ3n) is 2.85. The lowest BCUT2D eigenvalue weighted by Gasteiger charge is -2.09. The van der Waals surface area contributed by atoms with E-state index in [4.69, 9.17) is 0 Å². The molecule has 0 saturated heterocycles. The summed E-state index contributed by atoms with van der Waals surface area (Å²) < 4.78 is 13.9. The minimum Gasteiger partial charge on any atom is -0.321 e. The molecule has 2 nitrogen and oxygen atoms in total. The maximum atomic E-state index is 13.5. The second-order valence-corrected chi connectivity index (χ2v) is 5.93. The standard InChI is InChI=1S/C14H13BrFNOS/c1-3-9-4-5-19-13(9)14(18)17-12-7-11(16)10(15)6-8(12)2/h4-7H,3H2,1-2H3,(H,17,18). The first-order chi connectivity index (χ1) is 9.02. The van der Waals surface area contributed by atoms with Crippen LogP contribution in [-0.4, -0.2) is 5.91 Å². The van der Waals surface area contributed by atoms with E-state index in [1.54, 1.807) is 6.07 Å². The average molecular weight is 342 g/mol. The SMILES string of the molecule is CCc1ccsc1C(=O)Nc1cc(F)c(Br)cc1C. The quantitative estimate of drug-likeness (QED) is 0.855. The van der Waals surface area contributed by atoms with E-state index in [1.807, 2.05) is 25.3 Å². The highest BCUT2D eigenvalue weighted by molar-refractivity contribution is 9.10. The van der Waals surface area contributed by atoms with Crippen molar-refractivity contribution in [3.63, 3.8) is 0 Å². The zero-order valence-corrected chi connectivity index (χ0v) is 13.0. The summed E-state index contributed by atoms with van der Waals surface area (Å²) in [7, 11) is 0. The number of carbonyl (C=O) groups excluding carboxylic acids is 1. The molecule has 1 heterocycles. The van der Waals surface area contributed by atoms with E-state index < -0.39 is 0 Å². The number of aryl methyl sites for hydroxylation is 2. The van der Waals surface area contributed by atoms with Crippen LogP contribution in [0.1, 0.15) is 27.7 Å². The Labute approximate surface area is 123 Å². The summed E-state index contributed by atoms with van der Waals surface area (Å²) in [6, 6.07) is 4.92. The normalized spacial score (nSPS) is 10.5. The molecule has 1 amide bonds. The Bertz CT molecular complexity index is 624. The fraction of sp³-hybridized carbons (Fsp3) is 0.214. The van der Waals surface area contributed by atoms with Crippen molar-refractivity contribution in [3.8, 4) is 0 Å². The van der Waals surface area contributed by atoms with Crippen LogP contribution in [0.4, 0.5) is 10.1 Å². The summed E-state index contributed by atoms with van der Waals surface area (Å²) in [6.45, 7) is 3.83.